The molecule has 0 heterocycles. The van der Waals surface area contributed by atoms with E-state index >= 15 is 0 Å². The smallest absolute Gasteiger partial charge is 0.0436 e. The van der Waals surface area contributed by atoms with Gasteiger partial charge in [0.1, 0.15) is 0 Å². The largest absolute Gasteiger partial charge is 0.309 e. The lowest BCUT2D eigenvalue weighted by atomic mass is 10.0. The Kier molecular flexibility index (Phi) is 8.79. The van der Waals surface area contributed by atoms with E-state index in [2.05, 4.69) is 50.4 Å². The van der Waals surface area contributed by atoms with Gasteiger partial charge < -0.3 is 5.32 Å². The first kappa shape index (κ1) is 17.4. The lowest BCUT2D eigenvalue weighted by Crippen LogP contribution is -2.27. The first-order chi connectivity index (χ1) is 9.71. The van der Waals surface area contributed by atoms with Gasteiger partial charge in [0.05, 0.1) is 0 Å². The Morgan fingerprint density at radius 2 is 1.75 bits per heavy atom. The van der Waals surface area contributed by atoms with Crippen LogP contribution in [0.3, 0.4) is 0 Å². The van der Waals surface area contributed by atoms with Crippen molar-refractivity contribution in [2.24, 2.45) is 0 Å². The average Bonchev–Trinajstić information content (AvgIpc) is 2.45. The summed E-state index contributed by atoms with van der Waals surface area (Å²) in [5.41, 5.74) is 2.66. The molecule has 0 saturated carbocycles. The van der Waals surface area contributed by atoms with Crippen molar-refractivity contribution in [3.63, 3.8) is 0 Å². The third kappa shape index (κ3) is 6.19. The normalized spacial score (nSPS) is 14.2. The van der Waals surface area contributed by atoms with Gasteiger partial charge in [-0.2, -0.15) is 0 Å². The van der Waals surface area contributed by atoms with Crippen LogP contribution in [-0.4, -0.2) is 22.3 Å². The van der Waals surface area contributed by atoms with Gasteiger partial charge in [0.15, 0.2) is 0 Å². The molecular formula is C17H29NOS. The number of hydrogen-bond acceptors (Lipinski definition) is 2. The van der Waals surface area contributed by atoms with Crippen LogP contribution in [0.25, 0.3) is 0 Å². The number of hydrogen-bond donors (Lipinski definition) is 1. The van der Waals surface area contributed by atoms with Crippen molar-refractivity contribution in [3.8, 4) is 0 Å². The highest BCUT2D eigenvalue weighted by atomic mass is 32.2. The molecule has 0 saturated heterocycles. The van der Waals surface area contributed by atoms with Gasteiger partial charge in [-0.3, -0.25) is 4.21 Å². The van der Waals surface area contributed by atoms with E-state index in [1.54, 1.807) is 0 Å². The first-order valence-electron chi connectivity index (χ1n) is 7.88. The Hall–Kier alpha value is -0.670. The fourth-order valence-electron chi connectivity index (χ4n) is 2.29. The Morgan fingerprint density at radius 1 is 1.05 bits per heavy atom. The third-order valence-electron chi connectivity index (χ3n) is 3.35. The molecule has 20 heavy (non-hydrogen) atoms. The van der Waals surface area contributed by atoms with Crippen LogP contribution >= 0.6 is 0 Å². The standard InChI is InChI=1S/C17H29NOS/c1-4-7-15-8-10-16(11-9-15)17(18-12-5-2)14-20(19)13-6-3/h8-11,17-18H,4-7,12-14H2,1-3H3. The van der Waals surface area contributed by atoms with Gasteiger partial charge >= 0.3 is 0 Å². The summed E-state index contributed by atoms with van der Waals surface area (Å²) >= 11 is 0. The number of rotatable bonds is 10. The molecule has 2 atom stereocenters. The second-order valence-electron chi connectivity index (χ2n) is 5.31. The zero-order chi connectivity index (χ0) is 14.8. The van der Waals surface area contributed by atoms with E-state index in [0.29, 0.717) is 0 Å². The minimum atomic E-state index is -0.725. The molecule has 0 fully saturated rings. The molecule has 0 radical (unpaired) electrons. The molecule has 0 amide bonds. The van der Waals surface area contributed by atoms with Crippen molar-refractivity contribution >= 4 is 10.8 Å². The maximum Gasteiger partial charge on any atom is 0.0436 e. The summed E-state index contributed by atoms with van der Waals surface area (Å²) in [5.74, 6) is 1.53. The molecule has 1 aromatic carbocycles. The summed E-state index contributed by atoms with van der Waals surface area (Å²) in [6, 6.07) is 9.03. The maximum absolute atomic E-state index is 12.0. The molecular weight excluding hydrogens is 266 g/mol. The molecule has 114 valence electrons. The highest BCUT2D eigenvalue weighted by Gasteiger charge is 2.14. The van der Waals surface area contributed by atoms with Gasteiger partial charge in [-0.05, 0) is 36.9 Å². The van der Waals surface area contributed by atoms with Gasteiger partial charge in [-0.1, -0.05) is 51.5 Å². The van der Waals surface area contributed by atoms with Crippen LogP contribution in [0.15, 0.2) is 24.3 Å². The quantitative estimate of drug-likeness (QED) is 0.710. The van der Waals surface area contributed by atoms with E-state index in [-0.39, 0.29) is 6.04 Å². The molecule has 2 unspecified atom stereocenters. The van der Waals surface area contributed by atoms with Crippen molar-refractivity contribution in [3.05, 3.63) is 35.4 Å². The van der Waals surface area contributed by atoms with Crippen LogP contribution in [0.4, 0.5) is 0 Å². The monoisotopic (exact) mass is 295 g/mol. The van der Waals surface area contributed by atoms with E-state index in [1.807, 2.05) is 0 Å². The molecule has 0 aliphatic heterocycles. The van der Waals surface area contributed by atoms with E-state index in [9.17, 15) is 4.21 Å². The van der Waals surface area contributed by atoms with Crippen molar-refractivity contribution in [1.82, 2.24) is 5.32 Å². The molecule has 0 bridgehead atoms. The number of benzene rings is 1. The predicted octanol–water partition coefficient (Wildman–Crippen LogP) is 3.84. The Morgan fingerprint density at radius 3 is 2.30 bits per heavy atom. The van der Waals surface area contributed by atoms with Gasteiger partial charge in [-0.15, -0.1) is 0 Å². The van der Waals surface area contributed by atoms with Gasteiger partial charge in [0.2, 0.25) is 0 Å². The summed E-state index contributed by atoms with van der Waals surface area (Å²) in [6.45, 7) is 7.43. The third-order valence-corrected chi connectivity index (χ3v) is 4.91. The topological polar surface area (TPSA) is 29.1 Å². The van der Waals surface area contributed by atoms with Crippen molar-refractivity contribution in [1.29, 1.82) is 0 Å². The highest BCUT2D eigenvalue weighted by molar-refractivity contribution is 7.85. The van der Waals surface area contributed by atoms with E-state index in [4.69, 9.17) is 0 Å². The van der Waals surface area contributed by atoms with Crippen LogP contribution in [0.5, 0.6) is 0 Å². The highest BCUT2D eigenvalue weighted by Crippen LogP contribution is 2.16. The zero-order valence-corrected chi connectivity index (χ0v) is 14.0. The molecule has 1 N–H and O–H groups in total. The Labute approximate surface area is 126 Å². The number of aryl methyl sites for hydroxylation is 1. The van der Waals surface area contributed by atoms with Crippen LogP contribution in [0.1, 0.15) is 57.2 Å². The fraction of sp³-hybridized carbons (Fsp3) is 0.647. The van der Waals surface area contributed by atoms with Gasteiger partial charge in [0.25, 0.3) is 0 Å². The molecule has 1 aromatic rings. The van der Waals surface area contributed by atoms with Crippen molar-refractivity contribution in [2.45, 2.75) is 52.5 Å². The average molecular weight is 295 g/mol. The second kappa shape index (κ2) is 10.1. The van der Waals surface area contributed by atoms with E-state index < -0.39 is 10.8 Å². The molecule has 0 aromatic heterocycles. The maximum atomic E-state index is 12.0. The lowest BCUT2D eigenvalue weighted by molar-refractivity contribution is 0.569. The molecule has 0 aliphatic rings. The summed E-state index contributed by atoms with van der Waals surface area (Å²) < 4.78 is 12.0. The Balaban J connectivity index is 2.72. The van der Waals surface area contributed by atoms with Crippen LogP contribution in [0.2, 0.25) is 0 Å². The SMILES string of the molecule is CCCNC(CS(=O)CCC)c1ccc(CCC)cc1. The lowest BCUT2D eigenvalue weighted by Gasteiger charge is -2.19. The van der Waals surface area contributed by atoms with Crippen LogP contribution in [-0.2, 0) is 17.2 Å². The first-order valence-corrected chi connectivity index (χ1v) is 9.37. The summed E-state index contributed by atoms with van der Waals surface area (Å²) in [7, 11) is -0.725. The minimum Gasteiger partial charge on any atom is -0.309 e. The molecule has 2 nitrogen and oxygen atoms in total. The van der Waals surface area contributed by atoms with E-state index in [0.717, 1.165) is 37.3 Å². The summed E-state index contributed by atoms with van der Waals surface area (Å²) in [5, 5.41) is 3.53. The molecule has 1 rings (SSSR count). The predicted molar refractivity (Wildman–Crippen MR) is 89.6 cm³/mol. The summed E-state index contributed by atoms with van der Waals surface area (Å²) in [4.78, 5) is 0. The molecule has 0 aliphatic carbocycles. The zero-order valence-electron chi connectivity index (χ0n) is 13.2. The van der Waals surface area contributed by atoms with Crippen LogP contribution in [0, 0.1) is 0 Å². The minimum absolute atomic E-state index is 0.220. The number of nitrogens with one attached hydrogen (secondary N) is 1. The van der Waals surface area contributed by atoms with Crippen molar-refractivity contribution in [2.75, 3.05) is 18.1 Å². The summed E-state index contributed by atoms with van der Waals surface area (Å²) in [6.07, 6.45) is 4.40. The van der Waals surface area contributed by atoms with Gasteiger partial charge in [-0.25, -0.2) is 0 Å². The van der Waals surface area contributed by atoms with Crippen molar-refractivity contribution < 1.29 is 4.21 Å². The fourth-order valence-corrected chi connectivity index (χ4v) is 3.60. The van der Waals surface area contributed by atoms with Crippen LogP contribution < -0.4 is 5.32 Å². The van der Waals surface area contributed by atoms with E-state index in [1.165, 1.54) is 17.5 Å². The second-order valence-corrected chi connectivity index (χ2v) is 6.93. The Bertz CT molecular complexity index is 388. The molecule has 3 heteroatoms. The van der Waals surface area contributed by atoms with Gasteiger partial charge in [0, 0.05) is 28.3 Å². The molecule has 0 spiro atoms.